The second-order valence-electron chi connectivity index (χ2n) is 14.0. The van der Waals surface area contributed by atoms with E-state index in [2.05, 4.69) is 162 Å². The molecule has 8 aromatic carbocycles. The van der Waals surface area contributed by atoms with Gasteiger partial charge in [0.15, 0.2) is 17.5 Å². The predicted octanol–water partition coefficient (Wildman–Crippen LogP) is 13.7. The molecule has 0 radical (unpaired) electrons. The van der Waals surface area contributed by atoms with E-state index in [1.807, 2.05) is 47.7 Å². The molecule has 0 aliphatic rings. The maximum Gasteiger partial charge on any atom is 0.164 e. The number of para-hydroxylation sites is 2. The lowest BCUT2D eigenvalue weighted by Crippen LogP contribution is -2.01. The maximum atomic E-state index is 5.24. The monoisotopic (exact) mass is 732 g/mol. The zero-order chi connectivity index (χ0) is 37.0. The molecule has 3 heterocycles. The van der Waals surface area contributed by atoms with E-state index < -0.39 is 0 Å². The molecule has 5 heteroatoms. The lowest BCUT2D eigenvalue weighted by molar-refractivity contribution is 1.07. The van der Waals surface area contributed by atoms with Gasteiger partial charge >= 0.3 is 0 Å². The topological polar surface area (TPSA) is 43.6 Å². The van der Waals surface area contributed by atoms with Crippen LogP contribution in [0.25, 0.3) is 104 Å². The Labute approximate surface area is 327 Å². The molecule has 0 bridgehead atoms. The molecule has 0 aliphatic heterocycles. The number of rotatable bonds is 6. The van der Waals surface area contributed by atoms with Gasteiger partial charge in [-0.05, 0) is 64.7 Å². The SMILES string of the molecule is c1ccc(-c2ccc(-c3cccc4sc5cc6c7ccccc7n(-c7ccccc7)c6cc5c34)c(-c3nc(-c4ccccc4)nc(-c4ccccc4)n3)c2)cc1. The van der Waals surface area contributed by atoms with Crippen LogP contribution in [-0.2, 0) is 0 Å². The Morgan fingerprint density at radius 2 is 0.946 bits per heavy atom. The summed E-state index contributed by atoms with van der Waals surface area (Å²) in [4.78, 5) is 15.5. The third-order valence-electron chi connectivity index (χ3n) is 10.7. The number of hydrogen-bond donors (Lipinski definition) is 0. The Bertz CT molecular complexity index is 3170. The highest BCUT2D eigenvalue weighted by Gasteiger charge is 2.21. The fraction of sp³-hybridized carbons (Fsp3) is 0. The maximum absolute atomic E-state index is 5.24. The Hall–Kier alpha value is -7.21. The van der Waals surface area contributed by atoms with E-state index in [1.165, 1.54) is 42.0 Å². The van der Waals surface area contributed by atoms with Crippen molar-refractivity contribution < 1.29 is 0 Å². The average Bonchev–Trinajstić information content (AvgIpc) is 3.81. The second kappa shape index (κ2) is 13.3. The largest absolute Gasteiger partial charge is 0.309 e. The molecule has 0 saturated carbocycles. The minimum atomic E-state index is 0.633. The standard InChI is InChI=1S/C51H32N4S/c1-5-16-33(17-6-1)36-28-29-38(42(30-36)51-53-49(34-18-7-2-8-19-34)52-50(54-51)35-20-9-3-10-21-35)40-25-15-27-46-48(40)43-31-45-41(32-47(43)56-46)39-24-13-14-26-44(39)55(45)37-22-11-4-12-23-37/h1-32H. The van der Waals surface area contributed by atoms with Crippen LogP contribution < -0.4 is 0 Å². The first kappa shape index (κ1) is 32.2. The summed E-state index contributed by atoms with van der Waals surface area (Å²) in [5.74, 6) is 1.91. The highest BCUT2D eigenvalue weighted by atomic mass is 32.1. The number of hydrogen-bond acceptors (Lipinski definition) is 4. The van der Waals surface area contributed by atoms with Gasteiger partial charge in [-0.2, -0.15) is 0 Å². The van der Waals surface area contributed by atoms with Crippen molar-refractivity contribution in [3.05, 3.63) is 194 Å². The quantitative estimate of drug-likeness (QED) is 0.171. The third kappa shape index (κ3) is 5.40. The van der Waals surface area contributed by atoms with Crippen LogP contribution in [0.2, 0.25) is 0 Å². The van der Waals surface area contributed by atoms with Crippen LogP contribution in [0.1, 0.15) is 0 Å². The van der Waals surface area contributed by atoms with E-state index in [0.29, 0.717) is 17.5 Å². The van der Waals surface area contributed by atoms with Gasteiger partial charge in [0.05, 0.1) is 11.0 Å². The van der Waals surface area contributed by atoms with Gasteiger partial charge in [0.1, 0.15) is 0 Å². The van der Waals surface area contributed by atoms with Crippen molar-refractivity contribution in [1.82, 2.24) is 19.5 Å². The normalized spacial score (nSPS) is 11.6. The fourth-order valence-corrected chi connectivity index (χ4v) is 9.22. The lowest BCUT2D eigenvalue weighted by atomic mass is 9.92. The van der Waals surface area contributed by atoms with Gasteiger partial charge in [-0.3, -0.25) is 0 Å². The molecule has 3 aromatic heterocycles. The summed E-state index contributed by atoms with van der Waals surface area (Å²) in [5, 5.41) is 4.97. The van der Waals surface area contributed by atoms with Crippen molar-refractivity contribution in [2.24, 2.45) is 0 Å². The predicted molar refractivity (Wildman–Crippen MR) is 234 cm³/mol. The number of thiophene rings is 1. The van der Waals surface area contributed by atoms with Gasteiger partial charge in [-0.25, -0.2) is 15.0 Å². The zero-order valence-electron chi connectivity index (χ0n) is 30.2. The number of nitrogens with zero attached hydrogens (tertiary/aromatic N) is 4. The molecular formula is C51H32N4S. The molecule has 0 saturated heterocycles. The van der Waals surface area contributed by atoms with Gasteiger partial charge in [0, 0.05) is 53.3 Å². The lowest BCUT2D eigenvalue weighted by Gasteiger charge is -2.15. The highest BCUT2D eigenvalue weighted by molar-refractivity contribution is 7.26. The average molecular weight is 733 g/mol. The van der Waals surface area contributed by atoms with Crippen LogP contribution in [-0.4, -0.2) is 19.5 Å². The summed E-state index contributed by atoms with van der Waals surface area (Å²) in [7, 11) is 0. The molecule has 11 rings (SSSR count). The van der Waals surface area contributed by atoms with Gasteiger partial charge < -0.3 is 4.57 Å². The fourth-order valence-electron chi connectivity index (χ4n) is 8.07. The molecule has 0 amide bonds. The van der Waals surface area contributed by atoms with Gasteiger partial charge in [0.25, 0.3) is 0 Å². The summed E-state index contributed by atoms with van der Waals surface area (Å²) in [6.07, 6.45) is 0. The van der Waals surface area contributed by atoms with Crippen LogP contribution >= 0.6 is 11.3 Å². The highest BCUT2D eigenvalue weighted by Crippen LogP contribution is 2.46. The van der Waals surface area contributed by atoms with Crippen molar-refractivity contribution in [3.63, 3.8) is 0 Å². The number of benzene rings is 8. The van der Waals surface area contributed by atoms with Crippen molar-refractivity contribution in [1.29, 1.82) is 0 Å². The van der Waals surface area contributed by atoms with Crippen LogP contribution in [0.3, 0.4) is 0 Å². The summed E-state index contributed by atoms with van der Waals surface area (Å²) >= 11 is 1.85. The minimum Gasteiger partial charge on any atom is -0.309 e. The van der Waals surface area contributed by atoms with E-state index in [9.17, 15) is 0 Å². The smallest absolute Gasteiger partial charge is 0.164 e. The van der Waals surface area contributed by atoms with Crippen LogP contribution in [0.4, 0.5) is 0 Å². The van der Waals surface area contributed by atoms with E-state index in [1.54, 1.807) is 0 Å². The van der Waals surface area contributed by atoms with Crippen molar-refractivity contribution in [2.45, 2.75) is 0 Å². The third-order valence-corrected chi connectivity index (χ3v) is 11.8. The molecule has 0 atom stereocenters. The van der Waals surface area contributed by atoms with E-state index >= 15 is 0 Å². The summed E-state index contributed by atoms with van der Waals surface area (Å²) in [6.45, 7) is 0. The van der Waals surface area contributed by atoms with Crippen molar-refractivity contribution in [2.75, 3.05) is 0 Å². The molecule has 0 spiro atoms. The Balaban J connectivity index is 1.20. The van der Waals surface area contributed by atoms with E-state index in [4.69, 9.17) is 15.0 Å². The number of fused-ring (bicyclic) bond motifs is 6. The summed E-state index contributed by atoms with van der Waals surface area (Å²) in [6, 6.07) is 68.5. The first-order valence-electron chi connectivity index (χ1n) is 18.8. The zero-order valence-corrected chi connectivity index (χ0v) is 31.0. The number of aromatic nitrogens is 4. The molecule has 0 N–H and O–H groups in total. The minimum absolute atomic E-state index is 0.633. The molecule has 56 heavy (non-hydrogen) atoms. The summed E-state index contributed by atoms with van der Waals surface area (Å²) in [5.41, 5.74) is 10.8. The molecular weight excluding hydrogens is 701 g/mol. The van der Waals surface area contributed by atoms with Crippen molar-refractivity contribution >= 4 is 53.3 Å². The molecule has 0 aliphatic carbocycles. The van der Waals surface area contributed by atoms with Crippen LogP contribution in [0.15, 0.2) is 194 Å². The van der Waals surface area contributed by atoms with E-state index in [0.717, 1.165) is 44.6 Å². The molecule has 262 valence electrons. The van der Waals surface area contributed by atoms with Gasteiger partial charge in [-0.15, -0.1) is 11.3 Å². The Kier molecular flexibility index (Phi) is 7.64. The van der Waals surface area contributed by atoms with Gasteiger partial charge in [-0.1, -0.05) is 152 Å². The molecule has 0 unspecified atom stereocenters. The molecule has 0 fully saturated rings. The van der Waals surface area contributed by atoms with E-state index in [-0.39, 0.29) is 0 Å². The van der Waals surface area contributed by atoms with Crippen LogP contribution in [0, 0.1) is 0 Å². The summed E-state index contributed by atoms with van der Waals surface area (Å²) < 4.78 is 4.90. The Morgan fingerprint density at radius 1 is 0.339 bits per heavy atom. The van der Waals surface area contributed by atoms with Crippen molar-refractivity contribution in [3.8, 4) is 62.1 Å². The second-order valence-corrected chi connectivity index (χ2v) is 15.1. The first-order chi connectivity index (χ1) is 27.8. The Morgan fingerprint density at radius 3 is 1.64 bits per heavy atom. The van der Waals surface area contributed by atoms with Crippen LogP contribution in [0.5, 0.6) is 0 Å². The first-order valence-corrected chi connectivity index (χ1v) is 19.6. The molecule has 11 aromatic rings. The van der Waals surface area contributed by atoms with Gasteiger partial charge in [0.2, 0.25) is 0 Å². The molecule has 4 nitrogen and oxygen atoms in total.